The van der Waals surface area contributed by atoms with Crippen molar-refractivity contribution in [1.82, 2.24) is 0 Å². The molecule has 0 aliphatic carbocycles. The number of carbonyl (C=O) groups is 1. The van der Waals surface area contributed by atoms with Crippen molar-refractivity contribution in [2.45, 2.75) is 11.8 Å². The summed E-state index contributed by atoms with van der Waals surface area (Å²) in [6.07, 6.45) is 0. The summed E-state index contributed by atoms with van der Waals surface area (Å²) in [5, 5.41) is 0. The highest BCUT2D eigenvalue weighted by molar-refractivity contribution is 8.00. The smallest absolute Gasteiger partial charge is 0.316 e. The van der Waals surface area contributed by atoms with Crippen LogP contribution in [0.15, 0.2) is 23.1 Å². The van der Waals surface area contributed by atoms with Gasteiger partial charge in [0.05, 0.1) is 24.4 Å². The number of rotatable bonds is 5. The number of nitrogens with two attached hydrogens (primary N) is 1. The molecule has 1 rings (SSSR count). The second kappa shape index (κ2) is 6.27. The van der Waals surface area contributed by atoms with Gasteiger partial charge in [0.25, 0.3) is 0 Å². The van der Waals surface area contributed by atoms with Crippen LogP contribution in [0.3, 0.4) is 0 Å². The van der Waals surface area contributed by atoms with E-state index >= 15 is 0 Å². The van der Waals surface area contributed by atoms with E-state index in [1.54, 1.807) is 26.2 Å². The highest BCUT2D eigenvalue weighted by atomic mass is 32.2. The third-order valence-corrected chi connectivity index (χ3v) is 2.87. The van der Waals surface area contributed by atoms with Crippen molar-refractivity contribution in [3.8, 4) is 5.75 Å². The molecular weight excluding hydrogens is 226 g/mol. The van der Waals surface area contributed by atoms with Crippen molar-refractivity contribution in [2.75, 3.05) is 25.2 Å². The summed E-state index contributed by atoms with van der Waals surface area (Å²) in [5.41, 5.74) is 6.26. The first-order valence-corrected chi connectivity index (χ1v) is 5.88. The van der Waals surface area contributed by atoms with Gasteiger partial charge in [0.1, 0.15) is 5.75 Å². The van der Waals surface area contributed by atoms with Crippen LogP contribution in [0.2, 0.25) is 0 Å². The topological polar surface area (TPSA) is 61.5 Å². The molecule has 0 aromatic heterocycles. The molecule has 0 spiro atoms. The van der Waals surface area contributed by atoms with Crippen LogP contribution in [-0.4, -0.2) is 25.4 Å². The van der Waals surface area contributed by atoms with Gasteiger partial charge in [-0.1, -0.05) is 0 Å². The fourth-order valence-electron chi connectivity index (χ4n) is 1.14. The highest BCUT2D eigenvalue weighted by Gasteiger charge is 2.07. The van der Waals surface area contributed by atoms with Gasteiger partial charge in [0.15, 0.2) is 0 Å². The van der Waals surface area contributed by atoms with E-state index in [4.69, 9.17) is 15.2 Å². The lowest BCUT2D eigenvalue weighted by Crippen LogP contribution is -2.06. The summed E-state index contributed by atoms with van der Waals surface area (Å²) >= 11 is 1.37. The van der Waals surface area contributed by atoms with Crippen LogP contribution in [-0.2, 0) is 9.53 Å². The predicted molar refractivity (Wildman–Crippen MR) is 64.8 cm³/mol. The summed E-state index contributed by atoms with van der Waals surface area (Å²) in [5.74, 6) is 0.717. The van der Waals surface area contributed by atoms with Crippen LogP contribution in [0.25, 0.3) is 0 Å². The normalized spacial score (nSPS) is 9.88. The Morgan fingerprint density at radius 1 is 1.50 bits per heavy atom. The third-order valence-electron chi connectivity index (χ3n) is 1.84. The molecular formula is C11H15NO3S. The molecule has 0 atom stereocenters. The number of benzene rings is 1. The second-order valence-corrected chi connectivity index (χ2v) is 4.02. The van der Waals surface area contributed by atoms with Gasteiger partial charge in [-0.25, -0.2) is 0 Å². The number of hydrogen-bond donors (Lipinski definition) is 1. The lowest BCUT2D eigenvalue weighted by molar-refractivity contribution is -0.139. The van der Waals surface area contributed by atoms with Gasteiger partial charge < -0.3 is 15.2 Å². The standard InChI is InChI=1S/C11H15NO3S/c1-3-15-11(13)7-16-10-5-4-8(12)6-9(10)14-2/h4-6H,3,7,12H2,1-2H3. The Morgan fingerprint density at radius 3 is 2.88 bits per heavy atom. The monoisotopic (exact) mass is 241 g/mol. The van der Waals surface area contributed by atoms with Gasteiger partial charge in [-0.05, 0) is 19.1 Å². The predicted octanol–water partition coefficient (Wildman–Crippen LogP) is 1.93. The molecule has 0 fully saturated rings. The molecule has 0 bridgehead atoms. The van der Waals surface area contributed by atoms with Crippen LogP contribution in [0.1, 0.15) is 6.92 Å². The van der Waals surface area contributed by atoms with Crippen molar-refractivity contribution in [3.63, 3.8) is 0 Å². The first-order chi connectivity index (χ1) is 7.67. The molecule has 0 radical (unpaired) electrons. The molecule has 1 aromatic carbocycles. The van der Waals surface area contributed by atoms with E-state index in [-0.39, 0.29) is 11.7 Å². The Morgan fingerprint density at radius 2 is 2.25 bits per heavy atom. The summed E-state index contributed by atoms with van der Waals surface area (Å²) in [6, 6.07) is 5.33. The third kappa shape index (κ3) is 3.66. The first kappa shape index (κ1) is 12.7. The van der Waals surface area contributed by atoms with Crippen LogP contribution in [0, 0.1) is 0 Å². The minimum atomic E-state index is -0.230. The van der Waals surface area contributed by atoms with E-state index < -0.39 is 0 Å². The molecule has 0 aliphatic heterocycles. The molecule has 0 unspecified atom stereocenters. The summed E-state index contributed by atoms with van der Waals surface area (Å²) in [7, 11) is 1.57. The van der Waals surface area contributed by atoms with Gasteiger partial charge >= 0.3 is 5.97 Å². The van der Waals surface area contributed by atoms with Crippen LogP contribution in [0.4, 0.5) is 5.69 Å². The van der Waals surface area contributed by atoms with Crippen molar-refractivity contribution >= 4 is 23.4 Å². The Hall–Kier alpha value is -1.36. The number of thioether (sulfide) groups is 1. The van der Waals surface area contributed by atoms with Gasteiger partial charge in [0, 0.05) is 11.8 Å². The molecule has 0 saturated heterocycles. The number of nitrogen functional groups attached to an aromatic ring is 1. The quantitative estimate of drug-likeness (QED) is 0.485. The van der Waals surface area contributed by atoms with E-state index in [9.17, 15) is 4.79 Å². The average Bonchev–Trinajstić information content (AvgIpc) is 2.27. The molecule has 88 valence electrons. The number of esters is 1. The molecule has 4 nitrogen and oxygen atoms in total. The van der Waals surface area contributed by atoms with E-state index in [1.807, 2.05) is 6.07 Å². The van der Waals surface area contributed by atoms with Crippen LogP contribution < -0.4 is 10.5 Å². The summed E-state index contributed by atoms with van der Waals surface area (Å²) < 4.78 is 10.0. The number of ether oxygens (including phenoxy) is 2. The van der Waals surface area contributed by atoms with Gasteiger partial charge in [0.2, 0.25) is 0 Å². The molecule has 2 N–H and O–H groups in total. The van der Waals surface area contributed by atoms with Crippen molar-refractivity contribution < 1.29 is 14.3 Å². The van der Waals surface area contributed by atoms with Gasteiger partial charge in [-0.3, -0.25) is 4.79 Å². The molecule has 1 aromatic rings. The van der Waals surface area contributed by atoms with Crippen molar-refractivity contribution in [3.05, 3.63) is 18.2 Å². The zero-order valence-corrected chi connectivity index (χ0v) is 10.2. The minimum absolute atomic E-state index is 0.230. The largest absolute Gasteiger partial charge is 0.496 e. The SMILES string of the molecule is CCOC(=O)CSc1ccc(N)cc1OC. The lowest BCUT2D eigenvalue weighted by Gasteiger charge is -2.08. The summed E-state index contributed by atoms with van der Waals surface area (Å²) in [4.78, 5) is 12.1. The maximum absolute atomic E-state index is 11.2. The highest BCUT2D eigenvalue weighted by Crippen LogP contribution is 2.30. The van der Waals surface area contributed by atoms with Crippen molar-refractivity contribution in [2.24, 2.45) is 0 Å². The maximum atomic E-state index is 11.2. The van der Waals surface area contributed by atoms with E-state index in [2.05, 4.69) is 0 Å². The fraction of sp³-hybridized carbons (Fsp3) is 0.364. The number of anilines is 1. The Labute approximate surface area is 99.1 Å². The number of carbonyl (C=O) groups excluding carboxylic acids is 1. The molecule has 0 amide bonds. The van der Waals surface area contributed by atoms with Gasteiger partial charge in [-0.2, -0.15) is 0 Å². The van der Waals surface area contributed by atoms with Crippen LogP contribution in [0.5, 0.6) is 5.75 Å². The second-order valence-electron chi connectivity index (χ2n) is 3.00. The van der Waals surface area contributed by atoms with Crippen LogP contribution >= 0.6 is 11.8 Å². The lowest BCUT2D eigenvalue weighted by atomic mass is 10.3. The van der Waals surface area contributed by atoms with Crippen molar-refractivity contribution in [1.29, 1.82) is 0 Å². The van der Waals surface area contributed by atoms with E-state index in [0.29, 0.717) is 18.0 Å². The zero-order chi connectivity index (χ0) is 12.0. The summed E-state index contributed by atoms with van der Waals surface area (Å²) in [6.45, 7) is 2.19. The fourth-order valence-corrected chi connectivity index (χ4v) is 1.95. The average molecular weight is 241 g/mol. The molecule has 0 heterocycles. The first-order valence-electron chi connectivity index (χ1n) is 4.89. The molecule has 5 heteroatoms. The maximum Gasteiger partial charge on any atom is 0.316 e. The Kier molecular flexibility index (Phi) is 4.98. The van der Waals surface area contributed by atoms with Gasteiger partial charge in [-0.15, -0.1) is 11.8 Å². The minimum Gasteiger partial charge on any atom is -0.496 e. The zero-order valence-electron chi connectivity index (χ0n) is 9.36. The number of methoxy groups -OCH3 is 1. The Balaban J connectivity index is 2.63. The Bertz CT molecular complexity index is 368. The molecule has 0 aliphatic rings. The molecule has 16 heavy (non-hydrogen) atoms. The van der Waals surface area contributed by atoms with E-state index in [0.717, 1.165) is 4.90 Å². The number of hydrogen-bond acceptors (Lipinski definition) is 5. The molecule has 0 saturated carbocycles. The van der Waals surface area contributed by atoms with E-state index in [1.165, 1.54) is 11.8 Å².